The number of esters is 1. The van der Waals surface area contributed by atoms with E-state index in [1.54, 1.807) is 14.0 Å². The molecule has 132 valence electrons. The van der Waals surface area contributed by atoms with Gasteiger partial charge in [0, 0.05) is 16.7 Å². The number of nitrogens with zero attached hydrogens (tertiary/aromatic N) is 2. The van der Waals surface area contributed by atoms with Crippen LogP contribution in [0.15, 0.2) is 70.7 Å². The smallest absolute Gasteiger partial charge is 0.342 e. The largest absolute Gasteiger partial charge is 0.497 e. The van der Waals surface area contributed by atoms with E-state index in [2.05, 4.69) is 9.97 Å². The lowest BCUT2D eigenvalue weighted by molar-refractivity contribution is 0.0521. The number of aromatic nitrogens is 2. The topological polar surface area (TPSA) is 61.3 Å². The minimum atomic E-state index is -0.428. The van der Waals surface area contributed by atoms with Crippen LogP contribution in [0.4, 0.5) is 0 Å². The normalized spacial score (nSPS) is 10.4. The van der Waals surface area contributed by atoms with E-state index in [0.717, 1.165) is 16.2 Å². The van der Waals surface area contributed by atoms with Gasteiger partial charge in [-0.05, 0) is 31.2 Å². The fourth-order valence-electron chi connectivity index (χ4n) is 2.27. The summed E-state index contributed by atoms with van der Waals surface area (Å²) in [7, 11) is 1.62. The summed E-state index contributed by atoms with van der Waals surface area (Å²) < 4.78 is 10.3. The first-order chi connectivity index (χ1) is 12.7. The summed E-state index contributed by atoms with van der Waals surface area (Å²) in [4.78, 5) is 22.1. The molecule has 6 heteroatoms. The summed E-state index contributed by atoms with van der Waals surface area (Å²) in [5.74, 6) is 0.908. The molecule has 0 amide bonds. The van der Waals surface area contributed by atoms with Crippen LogP contribution in [0.5, 0.6) is 5.75 Å². The zero-order valence-corrected chi connectivity index (χ0v) is 15.3. The Bertz CT molecular complexity index is 883. The van der Waals surface area contributed by atoms with Crippen molar-refractivity contribution in [3.8, 4) is 17.1 Å². The molecule has 0 saturated carbocycles. The fraction of sp³-hybridized carbons (Fsp3) is 0.150. The van der Waals surface area contributed by atoms with Crippen molar-refractivity contribution in [1.29, 1.82) is 0 Å². The van der Waals surface area contributed by atoms with Crippen molar-refractivity contribution in [1.82, 2.24) is 9.97 Å². The molecule has 0 unspecified atom stereocenters. The molecule has 26 heavy (non-hydrogen) atoms. The highest BCUT2D eigenvalue weighted by molar-refractivity contribution is 7.99. The molecule has 0 atom stereocenters. The van der Waals surface area contributed by atoms with Crippen molar-refractivity contribution in [3.63, 3.8) is 0 Å². The zero-order valence-electron chi connectivity index (χ0n) is 14.5. The van der Waals surface area contributed by atoms with Crippen LogP contribution in [0.3, 0.4) is 0 Å². The second kappa shape index (κ2) is 8.49. The number of carbonyl (C=O) groups excluding carboxylic acids is 1. The first-order valence-corrected chi connectivity index (χ1v) is 8.94. The van der Waals surface area contributed by atoms with Crippen molar-refractivity contribution in [2.24, 2.45) is 0 Å². The Morgan fingerprint density at radius 1 is 1.08 bits per heavy atom. The Kier molecular flexibility index (Phi) is 5.86. The van der Waals surface area contributed by atoms with E-state index in [-0.39, 0.29) is 0 Å². The van der Waals surface area contributed by atoms with Gasteiger partial charge >= 0.3 is 5.97 Å². The average molecular weight is 366 g/mol. The molecule has 1 heterocycles. The Labute approximate surface area is 156 Å². The third kappa shape index (κ3) is 4.21. The Balaban J connectivity index is 1.98. The Morgan fingerprint density at radius 2 is 1.81 bits per heavy atom. The molecule has 0 N–H and O–H groups in total. The summed E-state index contributed by atoms with van der Waals surface area (Å²) in [6.07, 6.45) is 1.53. The molecule has 5 nitrogen and oxygen atoms in total. The molecule has 3 aromatic rings. The van der Waals surface area contributed by atoms with Crippen LogP contribution in [-0.2, 0) is 4.74 Å². The lowest BCUT2D eigenvalue weighted by atomic mass is 10.2. The van der Waals surface area contributed by atoms with Crippen molar-refractivity contribution < 1.29 is 14.3 Å². The lowest BCUT2D eigenvalue weighted by Gasteiger charge is -2.10. The molecule has 0 aliphatic carbocycles. The average Bonchev–Trinajstić information content (AvgIpc) is 2.69. The van der Waals surface area contributed by atoms with Crippen LogP contribution < -0.4 is 4.74 Å². The van der Waals surface area contributed by atoms with Crippen molar-refractivity contribution in [2.45, 2.75) is 16.8 Å². The van der Waals surface area contributed by atoms with E-state index < -0.39 is 5.97 Å². The summed E-state index contributed by atoms with van der Waals surface area (Å²) in [6, 6.07) is 17.2. The molecule has 3 rings (SSSR count). The van der Waals surface area contributed by atoms with Crippen LogP contribution >= 0.6 is 11.8 Å². The number of rotatable bonds is 6. The molecule has 0 aliphatic heterocycles. The van der Waals surface area contributed by atoms with Gasteiger partial charge in [-0.1, -0.05) is 42.1 Å². The first kappa shape index (κ1) is 17.9. The fourth-order valence-corrected chi connectivity index (χ4v) is 3.15. The first-order valence-electron chi connectivity index (χ1n) is 8.12. The van der Waals surface area contributed by atoms with Gasteiger partial charge in [-0.15, -0.1) is 0 Å². The van der Waals surface area contributed by atoms with E-state index in [1.165, 1.54) is 18.0 Å². The summed E-state index contributed by atoms with van der Waals surface area (Å²) in [5, 5.41) is 0.558. The van der Waals surface area contributed by atoms with Crippen LogP contribution in [0.25, 0.3) is 11.4 Å². The van der Waals surface area contributed by atoms with Gasteiger partial charge in [0.2, 0.25) is 0 Å². The number of hydrogen-bond acceptors (Lipinski definition) is 6. The molecule has 1 aromatic heterocycles. The quantitative estimate of drug-likeness (QED) is 0.473. The van der Waals surface area contributed by atoms with Gasteiger partial charge in [0.1, 0.15) is 16.3 Å². The molecule has 0 saturated heterocycles. The number of benzene rings is 2. The van der Waals surface area contributed by atoms with Gasteiger partial charge in [0.25, 0.3) is 0 Å². The van der Waals surface area contributed by atoms with Crippen molar-refractivity contribution in [3.05, 3.63) is 66.4 Å². The molecule has 0 bridgehead atoms. The summed E-state index contributed by atoms with van der Waals surface area (Å²) >= 11 is 1.39. The summed E-state index contributed by atoms with van der Waals surface area (Å²) in [5.41, 5.74) is 1.24. The second-order valence-corrected chi connectivity index (χ2v) is 6.34. The predicted molar refractivity (Wildman–Crippen MR) is 101 cm³/mol. The monoisotopic (exact) mass is 366 g/mol. The van der Waals surface area contributed by atoms with E-state index in [0.29, 0.717) is 23.0 Å². The van der Waals surface area contributed by atoms with Crippen LogP contribution in [-0.4, -0.2) is 29.7 Å². The Hall–Kier alpha value is -2.86. The van der Waals surface area contributed by atoms with Crippen molar-refractivity contribution >= 4 is 17.7 Å². The van der Waals surface area contributed by atoms with E-state index in [9.17, 15) is 4.79 Å². The van der Waals surface area contributed by atoms with E-state index >= 15 is 0 Å². The maximum absolute atomic E-state index is 12.3. The van der Waals surface area contributed by atoms with Crippen LogP contribution in [0, 0.1) is 0 Å². The van der Waals surface area contributed by atoms with Gasteiger partial charge in [-0.3, -0.25) is 0 Å². The molecule has 0 spiro atoms. The van der Waals surface area contributed by atoms with Crippen LogP contribution in [0.1, 0.15) is 17.3 Å². The molecule has 0 radical (unpaired) electrons. The zero-order chi connectivity index (χ0) is 18.4. The van der Waals surface area contributed by atoms with Gasteiger partial charge in [0.15, 0.2) is 5.82 Å². The predicted octanol–water partition coefficient (Wildman–Crippen LogP) is 4.48. The third-order valence-corrected chi connectivity index (χ3v) is 4.57. The molecule has 0 aliphatic rings. The SMILES string of the molecule is CCOC(=O)c1cnc(-c2ccccc2)nc1Sc1ccc(OC)cc1. The number of ether oxygens (including phenoxy) is 2. The highest BCUT2D eigenvalue weighted by atomic mass is 32.2. The Morgan fingerprint density at radius 3 is 2.46 bits per heavy atom. The molecular formula is C20H18N2O3S. The maximum atomic E-state index is 12.3. The minimum absolute atomic E-state index is 0.298. The van der Waals surface area contributed by atoms with Gasteiger partial charge in [-0.2, -0.15) is 0 Å². The highest BCUT2D eigenvalue weighted by Gasteiger charge is 2.17. The standard InChI is InChI=1S/C20H18N2O3S/c1-3-25-20(23)17-13-21-18(14-7-5-4-6-8-14)22-19(17)26-16-11-9-15(24-2)10-12-16/h4-13H,3H2,1-2H3. The summed E-state index contributed by atoms with van der Waals surface area (Å²) in [6.45, 7) is 2.07. The number of hydrogen-bond donors (Lipinski definition) is 0. The molecular weight excluding hydrogens is 348 g/mol. The minimum Gasteiger partial charge on any atom is -0.497 e. The molecule has 0 fully saturated rings. The number of methoxy groups -OCH3 is 1. The van der Waals surface area contributed by atoms with Gasteiger partial charge in [0.05, 0.1) is 13.7 Å². The van der Waals surface area contributed by atoms with E-state index in [4.69, 9.17) is 9.47 Å². The van der Waals surface area contributed by atoms with E-state index in [1.807, 2.05) is 54.6 Å². The molecule has 2 aromatic carbocycles. The van der Waals surface area contributed by atoms with Gasteiger partial charge in [-0.25, -0.2) is 14.8 Å². The number of carbonyl (C=O) groups is 1. The third-order valence-electron chi connectivity index (χ3n) is 3.56. The van der Waals surface area contributed by atoms with Gasteiger partial charge < -0.3 is 9.47 Å². The van der Waals surface area contributed by atoms with Crippen molar-refractivity contribution in [2.75, 3.05) is 13.7 Å². The maximum Gasteiger partial charge on any atom is 0.342 e. The van der Waals surface area contributed by atoms with Crippen LogP contribution in [0.2, 0.25) is 0 Å². The lowest BCUT2D eigenvalue weighted by Crippen LogP contribution is -2.09. The highest BCUT2D eigenvalue weighted by Crippen LogP contribution is 2.31. The second-order valence-electron chi connectivity index (χ2n) is 5.28.